The first kappa shape index (κ1) is 11.2. The monoisotopic (exact) mass is 256 g/mol. The van der Waals surface area contributed by atoms with Gasteiger partial charge in [0.25, 0.3) is 0 Å². The molecule has 16 heavy (non-hydrogen) atoms. The molecule has 0 fully saturated rings. The van der Waals surface area contributed by atoms with Gasteiger partial charge in [0, 0.05) is 24.3 Å². The second-order valence-corrected chi connectivity index (χ2v) is 5.69. The van der Waals surface area contributed by atoms with Crippen molar-refractivity contribution >= 4 is 21.4 Å². The van der Waals surface area contributed by atoms with Crippen LogP contribution in [0.4, 0.5) is 0 Å². The highest BCUT2D eigenvalue weighted by Gasteiger charge is 2.07. The van der Waals surface area contributed by atoms with Crippen molar-refractivity contribution in [3.63, 3.8) is 0 Å². The van der Waals surface area contributed by atoms with Gasteiger partial charge in [-0.3, -0.25) is 4.57 Å². The van der Waals surface area contributed by atoms with Gasteiger partial charge in [-0.25, -0.2) is 13.4 Å². The first-order valence-electron chi connectivity index (χ1n) is 4.48. The van der Waals surface area contributed by atoms with E-state index in [1.807, 2.05) is 0 Å². The largest absolute Gasteiger partial charge is 0.291 e. The molecule has 0 atom stereocenters. The fourth-order valence-electron chi connectivity index (χ4n) is 1.33. The summed E-state index contributed by atoms with van der Waals surface area (Å²) in [5.41, 5.74) is 0.773. The van der Waals surface area contributed by atoms with Crippen LogP contribution in [-0.2, 0) is 9.84 Å². The Labute approximate surface area is 98.4 Å². The minimum Gasteiger partial charge on any atom is -0.291 e. The zero-order valence-corrected chi connectivity index (χ0v) is 10.0. The molecule has 0 saturated carbocycles. The predicted molar refractivity (Wildman–Crippen MR) is 61.7 cm³/mol. The number of rotatable bonds is 2. The Bertz CT molecular complexity index is 602. The topological polar surface area (TPSA) is 52.0 Å². The molecule has 0 aliphatic carbocycles. The molecular weight excluding hydrogens is 248 g/mol. The van der Waals surface area contributed by atoms with Crippen LogP contribution in [0.2, 0.25) is 5.28 Å². The summed E-state index contributed by atoms with van der Waals surface area (Å²) in [6.07, 6.45) is 4.46. The molecule has 1 aromatic carbocycles. The molecule has 0 radical (unpaired) electrons. The van der Waals surface area contributed by atoms with Crippen molar-refractivity contribution in [3.05, 3.63) is 41.9 Å². The summed E-state index contributed by atoms with van der Waals surface area (Å²) in [4.78, 5) is 4.16. The molecule has 0 aliphatic rings. The molecule has 1 heterocycles. The maximum Gasteiger partial charge on any atom is 0.207 e. The molecule has 0 bridgehead atoms. The SMILES string of the molecule is CS(=O)(=O)c1ccc(-n2ccnc2Cl)cc1. The Morgan fingerprint density at radius 2 is 1.88 bits per heavy atom. The first-order chi connectivity index (χ1) is 7.48. The van der Waals surface area contributed by atoms with E-state index in [1.165, 1.54) is 6.26 Å². The molecule has 0 aliphatic heterocycles. The molecule has 84 valence electrons. The van der Waals surface area contributed by atoms with Gasteiger partial charge in [-0.1, -0.05) is 0 Å². The number of hydrogen-bond acceptors (Lipinski definition) is 3. The van der Waals surface area contributed by atoms with E-state index in [-0.39, 0.29) is 4.90 Å². The Kier molecular flexibility index (Phi) is 2.73. The fourth-order valence-corrected chi connectivity index (χ4v) is 2.17. The van der Waals surface area contributed by atoms with E-state index in [0.29, 0.717) is 5.28 Å². The van der Waals surface area contributed by atoms with Crippen molar-refractivity contribution in [1.82, 2.24) is 9.55 Å². The second-order valence-electron chi connectivity index (χ2n) is 3.33. The summed E-state index contributed by atoms with van der Waals surface area (Å²) in [5.74, 6) is 0. The fraction of sp³-hybridized carbons (Fsp3) is 0.100. The summed E-state index contributed by atoms with van der Waals surface area (Å²) in [5, 5.41) is 0.340. The van der Waals surface area contributed by atoms with Gasteiger partial charge in [-0.2, -0.15) is 0 Å². The summed E-state index contributed by atoms with van der Waals surface area (Å²) in [7, 11) is -3.16. The average Bonchev–Trinajstić information content (AvgIpc) is 2.63. The number of imidazole rings is 1. The van der Waals surface area contributed by atoms with E-state index in [4.69, 9.17) is 11.6 Å². The maximum absolute atomic E-state index is 11.3. The van der Waals surface area contributed by atoms with Crippen molar-refractivity contribution in [2.45, 2.75) is 4.90 Å². The third-order valence-corrected chi connectivity index (χ3v) is 3.55. The summed E-state index contributed by atoms with van der Waals surface area (Å²) >= 11 is 5.84. The standard InChI is InChI=1S/C10H9ClN2O2S/c1-16(14,15)9-4-2-8(3-5-9)13-7-6-12-10(13)11/h2-7H,1H3. The van der Waals surface area contributed by atoms with E-state index in [9.17, 15) is 8.42 Å². The molecule has 4 nitrogen and oxygen atoms in total. The number of nitrogens with zero attached hydrogens (tertiary/aromatic N) is 2. The maximum atomic E-state index is 11.3. The van der Waals surface area contributed by atoms with Crippen LogP contribution >= 0.6 is 11.6 Å². The molecule has 6 heteroatoms. The zero-order chi connectivity index (χ0) is 11.8. The number of aromatic nitrogens is 2. The first-order valence-corrected chi connectivity index (χ1v) is 6.75. The molecule has 0 N–H and O–H groups in total. The highest BCUT2D eigenvalue weighted by atomic mass is 35.5. The van der Waals surface area contributed by atoms with Gasteiger partial charge in [0.05, 0.1) is 4.90 Å². The summed E-state index contributed by atoms with van der Waals surface area (Å²) in [6.45, 7) is 0. The van der Waals surface area contributed by atoms with Crippen LogP contribution < -0.4 is 0 Å². The highest BCUT2D eigenvalue weighted by molar-refractivity contribution is 7.90. The molecular formula is C10H9ClN2O2S. The Balaban J connectivity index is 2.45. The van der Waals surface area contributed by atoms with E-state index >= 15 is 0 Å². The van der Waals surface area contributed by atoms with Crippen LogP contribution in [0.15, 0.2) is 41.6 Å². The smallest absolute Gasteiger partial charge is 0.207 e. The lowest BCUT2D eigenvalue weighted by Gasteiger charge is -2.04. The molecule has 0 amide bonds. The minimum absolute atomic E-state index is 0.285. The van der Waals surface area contributed by atoms with Crippen LogP contribution in [-0.4, -0.2) is 24.2 Å². The van der Waals surface area contributed by atoms with Gasteiger partial charge in [-0.05, 0) is 35.9 Å². The van der Waals surface area contributed by atoms with Gasteiger partial charge in [-0.15, -0.1) is 0 Å². The number of hydrogen-bond donors (Lipinski definition) is 0. The average molecular weight is 257 g/mol. The summed E-state index contributed by atoms with van der Waals surface area (Å²) in [6, 6.07) is 6.45. The minimum atomic E-state index is -3.16. The zero-order valence-electron chi connectivity index (χ0n) is 8.46. The van der Waals surface area contributed by atoms with Crippen molar-refractivity contribution < 1.29 is 8.42 Å². The van der Waals surface area contributed by atoms with Crippen LogP contribution in [0, 0.1) is 0 Å². The van der Waals surface area contributed by atoms with Gasteiger partial charge in [0.15, 0.2) is 9.84 Å². The third kappa shape index (κ3) is 2.10. The molecule has 0 saturated heterocycles. The van der Waals surface area contributed by atoms with Crippen molar-refractivity contribution in [2.75, 3.05) is 6.26 Å². The molecule has 1 aromatic heterocycles. The van der Waals surface area contributed by atoms with Crippen LogP contribution in [0.1, 0.15) is 0 Å². The van der Waals surface area contributed by atoms with E-state index in [0.717, 1.165) is 5.69 Å². The van der Waals surface area contributed by atoms with Gasteiger partial charge in [0.1, 0.15) is 0 Å². The molecule has 2 aromatic rings. The van der Waals surface area contributed by atoms with E-state index < -0.39 is 9.84 Å². The molecule has 2 rings (SSSR count). The summed E-state index contributed by atoms with van der Waals surface area (Å²) < 4.78 is 24.2. The lowest BCUT2D eigenvalue weighted by atomic mass is 10.3. The quantitative estimate of drug-likeness (QED) is 0.825. The Morgan fingerprint density at radius 1 is 1.25 bits per heavy atom. The third-order valence-electron chi connectivity index (χ3n) is 2.14. The van der Waals surface area contributed by atoms with Crippen molar-refractivity contribution in [2.24, 2.45) is 0 Å². The van der Waals surface area contributed by atoms with Gasteiger partial charge in [0.2, 0.25) is 5.28 Å². The van der Waals surface area contributed by atoms with Crippen molar-refractivity contribution in [3.8, 4) is 5.69 Å². The van der Waals surface area contributed by atoms with Crippen LogP contribution in [0.5, 0.6) is 0 Å². The lowest BCUT2D eigenvalue weighted by Crippen LogP contribution is -1.98. The van der Waals surface area contributed by atoms with E-state index in [1.54, 1.807) is 41.2 Å². The Hall–Kier alpha value is -1.33. The molecule has 0 unspecified atom stereocenters. The van der Waals surface area contributed by atoms with E-state index in [2.05, 4.69) is 4.98 Å². The number of benzene rings is 1. The van der Waals surface area contributed by atoms with Gasteiger partial charge < -0.3 is 0 Å². The lowest BCUT2D eigenvalue weighted by molar-refractivity contribution is 0.602. The van der Waals surface area contributed by atoms with Gasteiger partial charge >= 0.3 is 0 Å². The molecule has 0 spiro atoms. The normalized spacial score (nSPS) is 11.6. The van der Waals surface area contributed by atoms with Crippen LogP contribution in [0.25, 0.3) is 5.69 Å². The number of sulfone groups is 1. The number of halogens is 1. The van der Waals surface area contributed by atoms with Crippen LogP contribution in [0.3, 0.4) is 0 Å². The predicted octanol–water partition coefficient (Wildman–Crippen LogP) is 1.93. The Morgan fingerprint density at radius 3 is 2.31 bits per heavy atom. The second kappa shape index (κ2) is 3.92. The van der Waals surface area contributed by atoms with Crippen molar-refractivity contribution in [1.29, 1.82) is 0 Å². The highest BCUT2D eigenvalue weighted by Crippen LogP contribution is 2.17.